The highest BCUT2D eigenvalue weighted by Crippen LogP contribution is 2.61. The van der Waals surface area contributed by atoms with Crippen LogP contribution in [-0.4, -0.2) is 5.11 Å². The van der Waals surface area contributed by atoms with Crippen molar-refractivity contribution in [3.8, 4) is 5.75 Å². The van der Waals surface area contributed by atoms with Crippen molar-refractivity contribution >= 4 is 0 Å². The van der Waals surface area contributed by atoms with Crippen molar-refractivity contribution in [2.45, 2.75) is 70.6 Å². The van der Waals surface area contributed by atoms with Crippen LogP contribution in [0.1, 0.15) is 75.0 Å². The molecule has 0 saturated heterocycles. The van der Waals surface area contributed by atoms with Crippen LogP contribution in [0.2, 0.25) is 0 Å². The molecule has 21 heavy (non-hydrogen) atoms. The first-order valence-electron chi connectivity index (χ1n) is 8.81. The Kier molecular flexibility index (Phi) is 2.93. The maximum Gasteiger partial charge on any atom is 0.118 e. The summed E-state index contributed by atoms with van der Waals surface area (Å²) in [6, 6.07) is 4.39. The molecule has 0 heterocycles. The minimum Gasteiger partial charge on any atom is -0.508 e. The standard InChI is InChI=1S/C20H28O/c1-12(2)17-8-19(21)13(3)4-18(17)20-9-14-5-15(10-20)7-16(6-14)11-20/h4,8,12,14-16,21H,5-7,9-11H2,1-3H3. The number of phenolic OH excluding ortho intramolecular Hbond substituents is 1. The molecule has 5 rings (SSSR count). The number of aryl methyl sites for hydroxylation is 1. The molecule has 1 heteroatoms. The van der Waals surface area contributed by atoms with Crippen molar-refractivity contribution in [2.24, 2.45) is 17.8 Å². The highest BCUT2D eigenvalue weighted by atomic mass is 16.3. The minimum absolute atomic E-state index is 0.437. The van der Waals surface area contributed by atoms with E-state index >= 15 is 0 Å². The Morgan fingerprint density at radius 1 is 1.00 bits per heavy atom. The van der Waals surface area contributed by atoms with Gasteiger partial charge in [0.15, 0.2) is 0 Å². The monoisotopic (exact) mass is 284 g/mol. The van der Waals surface area contributed by atoms with E-state index < -0.39 is 0 Å². The molecule has 0 aliphatic heterocycles. The van der Waals surface area contributed by atoms with Gasteiger partial charge in [-0.3, -0.25) is 0 Å². The maximum absolute atomic E-state index is 10.2. The molecular weight excluding hydrogens is 256 g/mol. The highest BCUT2D eigenvalue weighted by Gasteiger charge is 2.52. The van der Waals surface area contributed by atoms with Gasteiger partial charge in [0.25, 0.3) is 0 Å². The van der Waals surface area contributed by atoms with Crippen LogP contribution in [0, 0.1) is 24.7 Å². The predicted molar refractivity (Wildman–Crippen MR) is 86.8 cm³/mol. The molecule has 4 bridgehead atoms. The Balaban J connectivity index is 1.84. The first-order chi connectivity index (χ1) is 9.97. The second kappa shape index (κ2) is 4.51. The zero-order chi connectivity index (χ0) is 14.8. The SMILES string of the molecule is Cc1cc(C23CC4CC(CC(C4)C2)C3)c(C(C)C)cc1O. The van der Waals surface area contributed by atoms with E-state index in [1.54, 1.807) is 5.56 Å². The van der Waals surface area contributed by atoms with Crippen molar-refractivity contribution in [1.82, 2.24) is 0 Å². The zero-order valence-electron chi connectivity index (χ0n) is 13.7. The molecule has 0 unspecified atom stereocenters. The van der Waals surface area contributed by atoms with Crippen molar-refractivity contribution < 1.29 is 5.11 Å². The highest BCUT2D eigenvalue weighted by molar-refractivity contribution is 5.47. The van der Waals surface area contributed by atoms with Crippen LogP contribution in [-0.2, 0) is 5.41 Å². The Morgan fingerprint density at radius 2 is 1.52 bits per heavy atom. The maximum atomic E-state index is 10.2. The van der Waals surface area contributed by atoms with Crippen LogP contribution in [0.25, 0.3) is 0 Å². The van der Waals surface area contributed by atoms with Gasteiger partial charge in [-0.2, -0.15) is 0 Å². The molecular formula is C20H28O. The van der Waals surface area contributed by atoms with Crippen LogP contribution >= 0.6 is 0 Å². The van der Waals surface area contributed by atoms with Crippen molar-refractivity contribution in [1.29, 1.82) is 0 Å². The molecule has 1 N–H and O–H groups in total. The molecule has 4 aliphatic rings. The zero-order valence-corrected chi connectivity index (χ0v) is 13.7. The molecule has 114 valence electrons. The molecule has 1 aromatic rings. The smallest absolute Gasteiger partial charge is 0.118 e. The molecule has 0 aromatic heterocycles. The van der Waals surface area contributed by atoms with E-state index in [1.165, 1.54) is 44.1 Å². The van der Waals surface area contributed by atoms with Gasteiger partial charge in [-0.25, -0.2) is 0 Å². The molecule has 0 amide bonds. The molecule has 0 radical (unpaired) electrons. The summed E-state index contributed by atoms with van der Waals surface area (Å²) in [5, 5.41) is 10.2. The number of benzene rings is 1. The van der Waals surface area contributed by atoms with Crippen LogP contribution < -0.4 is 0 Å². The third kappa shape index (κ3) is 2.04. The summed E-state index contributed by atoms with van der Waals surface area (Å²) < 4.78 is 0. The van der Waals surface area contributed by atoms with E-state index in [9.17, 15) is 5.11 Å². The molecule has 4 saturated carbocycles. The van der Waals surface area contributed by atoms with Crippen molar-refractivity contribution in [3.63, 3.8) is 0 Å². The van der Waals surface area contributed by atoms with Crippen LogP contribution in [0.5, 0.6) is 5.75 Å². The fourth-order valence-corrected chi connectivity index (χ4v) is 6.09. The summed E-state index contributed by atoms with van der Waals surface area (Å²) in [6.45, 7) is 6.60. The van der Waals surface area contributed by atoms with E-state index in [2.05, 4.69) is 32.9 Å². The van der Waals surface area contributed by atoms with Gasteiger partial charge in [0.2, 0.25) is 0 Å². The lowest BCUT2D eigenvalue weighted by molar-refractivity contribution is -0.00571. The second-order valence-corrected chi connectivity index (χ2v) is 8.58. The topological polar surface area (TPSA) is 20.2 Å². The van der Waals surface area contributed by atoms with Gasteiger partial charge in [0, 0.05) is 0 Å². The van der Waals surface area contributed by atoms with Gasteiger partial charge in [0.1, 0.15) is 5.75 Å². The lowest BCUT2D eigenvalue weighted by Crippen LogP contribution is -2.49. The molecule has 0 spiro atoms. The lowest BCUT2D eigenvalue weighted by Gasteiger charge is -2.57. The molecule has 4 fully saturated rings. The summed E-state index contributed by atoms with van der Waals surface area (Å²) in [5.74, 6) is 3.91. The summed E-state index contributed by atoms with van der Waals surface area (Å²) in [7, 11) is 0. The number of rotatable bonds is 2. The Morgan fingerprint density at radius 3 is 2.00 bits per heavy atom. The number of phenols is 1. The van der Waals surface area contributed by atoms with Gasteiger partial charge >= 0.3 is 0 Å². The van der Waals surface area contributed by atoms with E-state index in [0.29, 0.717) is 17.1 Å². The predicted octanol–water partition coefficient (Wildman–Crippen LogP) is 5.29. The molecule has 1 aromatic carbocycles. The van der Waals surface area contributed by atoms with E-state index in [1.807, 2.05) is 0 Å². The first kappa shape index (κ1) is 13.7. The quantitative estimate of drug-likeness (QED) is 0.782. The fraction of sp³-hybridized carbons (Fsp3) is 0.700. The third-order valence-corrected chi connectivity index (χ3v) is 6.60. The number of aromatic hydroxyl groups is 1. The third-order valence-electron chi connectivity index (χ3n) is 6.60. The minimum atomic E-state index is 0.437. The van der Waals surface area contributed by atoms with Crippen LogP contribution in [0.3, 0.4) is 0 Å². The van der Waals surface area contributed by atoms with Gasteiger partial charge in [-0.15, -0.1) is 0 Å². The molecule has 1 nitrogen and oxygen atoms in total. The molecule has 0 atom stereocenters. The molecule has 4 aliphatic carbocycles. The van der Waals surface area contributed by atoms with Gasteiger partial charge < -0.3 is 5.11 Å². The van der Waals surface area contributed by atoms with Gasteiger partial charge in [0.05, 0.1) is 0 Å². The Bertz CT molecular complexity index is 534. The van der Waals surface area contributed by atoms with Crippen molar-refractivity contribution in [2.75, 3.05) is 0 Å². The van der Waals surface area contributed by atoms with Crippen LogP contribution in [0.15, 0.2) is 12.1 Å². The van der Waals surface area contributed by atoms with Crippen LogP contribution in [0.4, 0.5) is 0 Å². The Labute approximate surface area is 128 Å². The summed E-state index contributed by atoms with van der Waals surface area (Å²) >= 11 is 0. The number of hydrogen-bond donors (Lipinski definition) is 1. The van der Waals surface area contributed by atoms with E-state index in [4.69, 9.17) is 0 Å². The van der Waals surface area contributed by atoms with Crippen molar-refractivity contribution in [3.05, 3.63) is 28.8 Å². The average Bonchev–Trinajstić information content (AvgIpc) is 2.39. The summed E-state index contributed by atoms with van der Waals surface area (Å²) in [4.78, 5) is 0. The van der Waals surface area contributed by atoms with Gasteiger partial charge in [-0.1, -0.05) is 19.9 Å². The van der Waals surface area contributed by atoms with E-state index in [-0.39, 0.29) is 0 Å². The van der Waals surface area contributed by atoms with Gasteiger partial charge in [-0.05, 0) is 97.3 Å². The largest absolute Gasteiger partial charge is 0.508 e. The average molecular weight is 284 g/mol. The Hall–Kier alpha value is -0.980. The summed E-state index contributed by atoms with van der Waals surface area (Å²) in [6.07, 6.45) is 8.70. The number of hydrogen-bond acceptors (Lipinski definition) is 1. The summed E-state index contributed by atoms with van der Waals surface area (Å²) in [5.41, 5.74) is 4.49. The normalized spacial score (nSPS) is 37.4. The first-order valence-corrected chi connectivity index (χ1v) is 8.81. The lowest BCUT2D eigenvalue weighted by atomic mass is 9.47. The second-order valence-electron chi connectivity index (χ2n) is 8.58. The van der Waals surface area contributed by atoms with E-state index in [0.717, 1.165) is 23.3 Å². The fourth-order valence-electron chi connectivity index (χ4n) is 6.09.